The monoisotopic (exact) mass is 280 g/mol. The van der Waals surface area contributed by atoms with E-state index in [1.165, 1.54) is 0 Å². The standard InChI is InChI=1S/2Na.2H3O4P.2H2O.2H/c;;2*1-5(2,3)4;;;;/h;;2*(H3,1,2,3,4);2*1H2;;. The normalized spacial score (nSPS) is 8.43. The molecule has 0 saturated heterocycles. The summed E-state index contributed by atoms with van der Waals surface area (Å²) in [5.41, 5.74) is 0. The van der Waals surface area contributed by atoms with Crippen LogP contribution in [-0.4, -0.2) is 99.4 Å². The van der Waals surface area contributed by atoms with Gasteiger partial charge in [-0.1, -0.05) is 0 Å². The molecule has 10 N–H and O–H groups in total. The molecule has 0 aliphatic rings. The molecule has 0 saturated carbocycles. The van der Waals surface area contributed by atoms with Gasteiger partial charge in [-0.25, -0.2) is 9.13 Å². The molecule has 14 heavy (non-hydrogen) atoms. The molecule has 0 spiro atoms. The van der Waals surface area contributed by atoms with Gasteiger partial charge in [-0.15, -0.1) is 0 Å². The first-order chi connectivity index (χ1) is 4.00. The molecule has 0 aromatic rings. The molecule has 0 amide bonds. The summed E-state index contributed by atoms with van der Waals surface area (Å²) in [6.07, 6.45) is 0. The van der Waals surface area contributed by atoms with Crippen molar-refractivity contribution in [3.8, 4) is 0 Å². The molecule has 0 rings (SSSR count). The summed E-state index contributed by atoms with van der Waals surface area (Å²) < 4.78 is 17.8. The molecule has 0 heterocycles. The second-order valence-electron chi connectivity index (χ2n) is 1.03. The first-order valence-electron chi connectivity index (χ1n) is 1.57. The van der Waals surface area contributed by atoms with Gasteiger partial charge in [-0.05, 0) is 0 Å². The molecule has 0 aliphatic carbocycles. The summed E-state index contributed by atoms with van der Waals surface area (Å²) in [5.74, 6) is 0. The van der Waals surface area contributed by atoms with E-state index < -0.39 is 15.6 Å². The van der Waals surface area contributed by atoms with Crippen molar-refractivity contribution in [1.29, 1.82) is 0 Å². The van der Waals surface area contributed by atoms with E-state index in [1.54, 1.807) is 0 Å². The van der Waals surface area contributed by atoms with E-state index in [1.807, 2.05) is 0 Å². The van der Waals surface area contributed by atoms with Crippen LogP contribution in [0.25, 0.3) is 0 Å². The van der Waals surface area contributed by atoms with Crippen molar-refractivity contribution in [2.45, 2.75) is 0 Å². The van der Waals surface area contributed by atoms with Crippen molar-refractivity contribution in [3.63, 3.8) is 0 Å². The Hall–Kier alpha value is 2.14. The van der Waals surface area contributed by atoms with Gasteiger partial charge in [0.25, 0.3) is 0 Å². The van der Waals surface area contributed by atoms with Crippen LogP contribution in [0.2, 0.25) is 0 Å². The van der Waals surface area contributed by atoms with Gasteiger partial charge in [0, 0.05) is 0 Å². The molecule has 0 unspecified atom stereocenters. The van der Waals surface area contributed by atoms with Gasteiger partial charge in [-0.2, -0.15) is 0 Å². The average molecular weight is 280 g/mol. The Morgan fingerprint density at radius 1 is 0.571 bits per heavy atom. The fourth-order valence-corrected chi connectivity index (χ4v) is 0. The van der Waals surface area contributed by atoms with Crippen LogP contribution in [0, 0.1) is 0 Å². The van der Waals surface area contributed by atoms with Crippen LogP contribution in [0.1, 0.15) is 0 Å². The molecular formula is H12Na2O10P2. The SMILES string of the molecule is O.O.O=P(O)(O)O.O=P(O)(O)O.[NaH].[NaH]. The second kappa shape index (κ2) is 15.1. The molecule has 0 aliphatic heterocycles. The Kier molecular flexibility index (Phi) is 38.9. The van der Waals surface area contributed by atoms with E-state index in [9.17, 15) is 0 Å². The van der Waals surface area contributed by atoms with Gasteiger partial charge < -0.3 is 40.3 Å². The Bertz CT molecular complexity index is 128. The van der Waals surface area contributed by atoms with Gasteiger partial charge >= 0.3 is 74.8 Å². The van der Waals surface area contributed by atoms with Crippen molar-refractivity contribution in [2.24, 2.45) is 0 Å². The fourth-order valence-electron chi connectivity index (χ4n) is 0. The molecule has 0 bridgehead atoms. The number of hydrogen-bond acceptors (Lipinski definition) is 2. The van der Waals surface area contributed by atoms with Crippen LogP contribution in [0.5, 0.6) is 0 Å². The van der Waals surface area contributed by atoms with Crippen molar-refractivity contribution in [3.05, 3.63) is 0 Å². The van der Waals surface area contributed by atoms with Crippen LogP contribution in [0.3, 0.4) is 0 Å². The van der Waals surface area contributed by atoms with E-state index in [0.717, 1.165) is 0 Å². The predicted octanol–water partition coefficient (Wildman–Crippen LogP) is -4.80. The zero-order valence-electron chi connectivity index (χ0n) is 5.39. The van der Waals surface area contributed by atoms with E-state index in [0.29, 0.717) is 0 Å². The minimum atomic E-state index is -4.64. The summed E-state index contributed by atoms with van der Waals surface area (Å²) >= 11 is 0. The van der Waals surface area contributed by atoms with Crippen molar-refractivity contribution in [2.75, 3.05) is 0 Å². The Labute approximate surface area is 123 Å². The molecule has 10 nitrogen and oxygen atoms in total. The number of rotatable bonds is 0. The van der Waals surface area contributed by atoms with Crippen LogP contribution in [-0.2, 0) is 9.13 Å². The van der Waals surface area contributed by atoms with E-state index >= 15 is 0 Å². The third-order valence-corrected chi connectivity index (χ3v) is 0. The number of hydrogen-bond donors (Lipinski definition) is 6. The molecule has 84 valence electrons. The first-order valence-corrected chi connectivity index (χ1v) is 4.70. The summed E-state index contributed by atoms with van der Waals surface area (Å²) in [4.78, 5) is 43.1. The summed E-state index contributed by atoms with van der Waals surface area (Å²) in [6.45, 7) is 0. The summed E-state index contributed by atoms with van der Waals surface area (Å²) in [6, 6.07) is 0. The number of phosphoric acid groups is 2. The molecular weight excluding hydrogens is 268 g/mol. The predicted molar refractivity (Wildman–Crippen MR) is 50.1 cm³/mol. The van der Waals surface area contributed by atoms with Crippen LogP contribution < -0.4 is 0 Å². The zero-order valence-corrected chi connectivity index (χ0v) is 7.18. The van der Waals surface area contributed by atoms with Gasteiger partial charge in [0.2, 0.25) is 0 Å². The van der Waals surface area contributed by atoms with Gasteiger partial charge in [-0.3, -0.25) is 0 Å². The maximum atomic E-state index is 8.88. The first kappa shape index (κ1) is 36.0. The molecule has 0 aromatic carbocycles. The molecule has 0 atom stereocenters. The maximum absolute atomic E-state index is 8.88. The van der Waals surface area contributed by atoms with Gasteiger partial charge in [0.15, 0.2) is 0 Å². The van der Waals surface area contributed by atoms with E-state index in [4.69, 9.17) is 38.5 Å². The fraction of sp³-hybridized carbons (Fsp3) is 0. The Morgan fingerprint density at radius 2 is 0.571 bits per heavy atom. The van der Waals surface area contributed by atoms with Crippen LogP contribution >= 0.6 is 15.6 Å². The van der Waals surface area contributed by atoms with E-state index in [-0.39, 0.29) is 70.1 Å². The zero-order chi connectivity index (χ0) is 9.00. The molecule has 0 fully saturated rings. The summed E-state index contributed by atoms with van der Waals surface area (Å²) in [5, 5.41) is 0. The summed E-state index contributed by atoms with van der Waals surface area (Å²) in [7, 11) is -9.28. The third-order valence-electron chi connectivity index (χ3n) is 0. The van der Waals surface area contributed by atoms with Crippen molar-refractivity contribution in [1.82, 2.24) is 0 Å². The Morgan fingerprint density at radius 3 is 0.571 bits per heavy atom. The minimum absolute atomic E-state index is 0. The topological polar surface area (TPSA) is 219 Å². The van der Waals surface area contributed by atoms with Crippen LogP contribution in [0.4, 0.5) is 0 Å². The van der Waals surface area contributed by atoms with E-state index in [2.05, 4.69) is 0 Å². The molecule has 14 heteroatoms. The van der Waals surface area contributed by atoms with Crippen molar-refractivity contribution >= 4 is 74.8 Å². The third kappa shape index (κ3) is 533. The van der Waals surface area contributed by atoms with Crippen LogP contribution in [0.15, 0.2) is 0 Å². The Balaban J connectivity index is -0.0000000178. The molecule has 0 aromatic heterocycles. The van der Waals surface area contributed by atoms with Gasteiger partial charge in [0.1, 0.15) is 0 Å². The average Bonchev–Trinajstić information content (AvgIpc) is 1.12. The second-order valence-corrected chi connectivity index (χ2v) is 3.08. The van der Waals surface area contributed by atoms with Crippen molar-refractivity contribution < 1.29 is 49.4 Å². The quantitative estimate of drug-likeness (QED) is 0.186. The van der Waals surface area contributed by atoms with Gasteiger partial charge in [0.05, 0.1) is 0 Å². The molecule has 0 radical (unpaired) electrons.